The van der Waals surface area contributed by atoms with E-state index in [9.17, 15) is 4.79 Å². The molecule has 0 aromatic carbocycles. The standard InChI is InChI=1S/C13H18Cl2N4O/c1-7-6-19(8(2)5-18(7)3)13(20)11-9(14)4-10(16)17-12(11)15/h4,7-8H,5-6H2,1-3H3,(H2,16,17). The molecule has 2 N–H and O–H groups in total. The number of hydrogen-bond donors (Lipinski definition) is 1. The van der Waals surface area contributed by atoms with Gasteiger partial charge in [0.1, 0.15) is 11.0 Å². The summed E-state index contributed by atoms with van der Waals surface area (Å²) in [4.78, 5) is 20.6. The summed E-state index contributed by atoms with van der Waals surface area (Å²) in [6, 6.07) is 1.83. The van der Waals surface area contributed by atoms with E-state index in [-0.39, 0.29) is 39.5 Å². The quantitative estimate of drug-likeness (QED) is 0.806. The highest BCUT2D eigenvalue weighted by Gasteiger charge is 2.32. The minimum atomic E-state index is -0.194. The maximum Gasteiger partial charge on any atom is 0.258 e. The van der Waals surface area contributed by atoms with Crippen molar-refractivity contribution in [2.24, 2.45) is 0 Å². The Balaban J connectivity index is 2.32. The maximum atomic E-state index is 12.7. The molecule has 2 unspecified atom stereocenters. The van der Waals surface area contributed by atoms with E-state index in [4.69, 9.17) is 28.9 Å². The second-order valence-corrected chi connectivity index (χ2v) is 6.06. The number of carbonyl (C=O) groups excluding carboxylic acids is 1. The monoisotopic (exact) mass is 316 g/mol. The first-order valence-electron chi connectivity index (χ1n) is 6.44. The number of anilines is 1. The molecule has 2 heterocycles. The molecule has 1 amide bonds. The number of aromatic nitrogens is 1. The minimum absolute atomic E-state index is 0.0544. The third-order valence-electron chi connectivity index (χ3n) is 3.72. The van der Waals surface area contributed by atoms with Crippen LogP contribution in [0.2, 0.25) is 10.2 Å². The largest absolute Gasteiger partial charge is 0.384 e. The van der Waals surface area contributed by atoms with Gasteiger partial charge in [0.15, 0.2) is 0 Å². The summed E-state index contributed by atoms with van der Waals surface area (Å²) in [5.41, 5.74) is 5.79. The van der Waals surface area contributed by atoms with Crippen molar-refractivity contribution in [3.05, 3.63) is 21.8 Å². The Morgan fingerprint density at radius 3 is 2.60 bits per heavy atom. The molecule has 0 saturated carbocycles. The van der Waals surface area contributed by atoms with Gasteiger partial charge in [-0.2, -0.15) is 0 Å². The highest BCUT2D eigenvalue weighted by Crippen LogP contribution is 2.28. The number of pyridine rings is 1. The molecule has 2 rings (SSSR count). The van der Waals surface area contributed by atoms with Crippen LogP contribution in [0, 0.1) is 0 Å². The number of hydrogen-bond acceptors (Lipinski definition) is 4. The van der Waals surface area contributed by atoms with E-state index in [0.29, 0.717) is 6.54 Å². The minimum Gasteiger partial charge on any atom is -0.384 e. The van der Waals surface area contributed by atoms with Crippen molar-refractivity contribution >= 4 is 34.9 Å². The van der Waals surface area contributed by atoms with Crippen LogP contribution in [0.5, 0.6) is 0 Å². The fraction of sp³-hybridized carbons (Fsp3) is 0.538. The maximum absolute atomic E-state index is 12.7. The lowest BCUT2D eigenvalue weighted by molar-refractivity contribution is 0.0397. The summed E-state index contributed by atoms with van der Waals surface area (Å²) >= 11 is 12.1. The Morgan fingerprint density at radius 2 is 2.00 bits per heavy atom. The van der Waals surface area contributed by atoms with Crippen molar-refractivity contribution in [2.75, 3.05) is 25.9 Å². The van der Waals surface area contributed by atoms with Crippen molar-refractivity contribution in [3.8, 4) is 0 Å². The molecule has 0 spiro atoms. The number of likely N-dealkylation sites (N-methyl/N-ethyl adjacent to an activating group) is 1. The summed E-state index contributed by atoms with van der Waals surface area (Å²) in [6.45, 7) is 5.53. The van der Waals surface area contributed by atoms with Gasteiger partial charge in [0.25, 0.3) is 5.91 Å². The molecule has 0 bridgehead atoms. The average Bonchev–Trinajstić information content (AvgIpc) is 2.32. The second kappa shape index (κ2) is 5.76. The average molecular weight is 317 g/mol. The molecule has 1 aliphatic heterocycles. The Morgan fingerprint density at radius 1 is 1.35 bits per heavy atom. The van der Waals surface area contributed by atoms with Gasteiger partial charge >= 0.3 is 0 Å². The number of nitrogens with zero attached hydrogens (tertiary/aromatic N) is 3. The van der Waals surface area contributed by atoms with Crippen LogP contribution in [0.15, 0.2) is 6.07 Å². The van der Waals surface area contributed by atoms with Crippen molar-refractivity contribution in [1.82, 2.24) is 14.8 Å². The SMILES string of the molecule is CC1CN(C(=O)c2c(Cl)cc(N)nc2Cl)C(C)CN1C. The normalized spacial score (nSPS) is 23.9. The van der Waals surface area contributed by atoms with Gasteiger partial charge in [-0.05, 0) is 27.0 Å². The zero-order valence-corrected chi connectivity index (χ0v) is 13.2. The van der Waals surface area contributed by atoms with Crippen molar-refractivity contribution < 1.29 is 4.79 Å². The van der Waals surface area contributed by atoms with E-state index in [1.54, 1.807) is 4.90 Å². The summed E-state index contributed by atoms with van der Waals surface area (Å²) in [7, 11) is 2.05. The third kappa shape index (κ3) is 2.85. The predicted molar refractivity (Wildman–Crippen MR) is 81.3 cm³/mol. The molecule has 0 aliphatic carbocycles. The van der Waals surface area contributed by atoms with Crippen molar-refractivity contribution in [2.45, 2.75) is 25.9 Å². The predicted octanol–water partition coefficient (Wildman–Crippen LogP) is 2.14. The first-order valence-corrected chi connectivity index (χ1v) is 7.19. The first kappa shape index (κ1) is 15.4. The third-order valence-corrected chi connectivity index (χ3v) is 4.29. The number of halogens is 2. The van der Waals surface area contributed by atoms with E-state index >= 15 is 0 Å². The lowest BCUT2D eigenvalue weighted by Gasteiger charge is -2.42. The Labute approximate surface area is 128 Å². The molecule has 1 saturated heterocycles. The van der Waals surface area contributed by atoms with Gasteiger partial charge < -0.3 is 10.6 Å². The van der Waals surface area contributed by atoms with E-state index in [1.807, 2.05) is 14.0 Å². The van der Waals surface area contributed by atoms with Gasteiger partial charge in [-0.1, -0.05) is 23.2 Å². The van der Waals surface area contributed by atoms with Gasteiger partial charge in [-0.25, -0.2) is 4.98 Å². The molecular weight excluding hydrogens is 299 g/mol. The van der Waals surface area contributed by atoms with Gasteiger partial charge in [0.05, 0.1) is 10.6 Å². The first-order chi connectivity index (χ1) is 9.31. The number of nitrogens with two attached hydrogens (primary N) is 1. The summed E-state index contributed by atoms with van der Waals surface area (Å²) in [5, 5.41) is 0.296. The van der Waals surface area contributed by atoms with Gasteiger partial charge in [0, 0.05) is 25.2 Å². The van der Waals surface area contributed by atoms with Gasteiger partial charge in [0.2, 0.25) is 0 Å². The Bertz CT molecular complexity index is 514. The van der Waals surface area contributed by atoms with Crippen LogP contribution in [-0.4, -0.2) is 52.9 Å². The van der Waals surface area contributed by atoms with E-state index < -0.39 is 0 Å². The molecule has 1 fully saturated rings. The van der Waals surface area contributed by atoms with Crippen molar-refractivity contribution in [1.29, 1.82) is 0 Å². The lowest BCUT2D eigenvalue weighted by atomic mass is 10.1. The molecule has 1 aliphatic rings. The smallest absolute Gasteiger partial charge is 0.258 e. The van der Waals surface area contributed by atoms with Crippen LogP contribution >= 0.6 is 23.2 Å². The highest BCUT2D eigenvalue weighted by atomic mass is 35.5. The lowest BCUT2D eigenvalue weighted by Crippen LogP contribution is -2.56. The molecule has 0 radical (unpaired) electrons. The number of carbonyl (C=O) groups is 1. The topological polar surface area (TPSA) is 62.5 Å². The molecule has 20 heavy (non-hydrogen) atoms. The van der Waals surface area contributed by atoms with Crippen molar-refractivity contribution in [3.63, 3.8) is 0 Å². The van der Waals surface area contributed by atoms with E-state index in [0.717, 1.165) is 6.54 Å². The van der Waals surface area contributed by atoms with Crippen LogP contribution in [0.25, 0.3) is 0 Å². The Hall–Kier alpha value is -1.04. The molecule has 2 atom stereocenters. The number of amides is 1. The van der Waals surface area contributed by atoms with E-state index in [1.165, 1.54) is 6.07 Å². The van der Waals surface area contributed by atoms with Crippen LogP contribution < -0.4 is 5.73 Å². The molecule has 7 heteroatoms. The van der Waals surface area contributed by atoms with Crippen LogP contribution in [0.1, 0.15) is 24.2 Å². The Kier molecular flexibility index (Phi) is 4.42. The van der Waals surface area contributed by atoms with E-state index in [2.05, 4.69) is 16.8 Å². The number of rotatable bonds is 1. The molecule has 110 valence electrons. The fourth-order valence-corrected chi connectivity index (χ4v) is 3.03. The van der Waals surface area contributed by atoms with Gasteiger partial charge in [-0.15, -0.1) is 0 Å². The fourth-order valence-electron chi connectivity index (χ4n) is 2.42. The second-order valence-electron chi connectivity index (χ2n) is 5.29. The number of nitrogen functional groups attached to an aromatic ring is 1. The van der Waals surface area contributed by atoms with Crippen LogP contribution in [0.4, 0.5) is 5.82 Å². The summed E-state index contributed by atoms with van der Waals surface area (Å²) < 4.78 is 0. The molecule has 5 nitrogen and oxygen atoms in total. The van der Waals surface area contributed by atoms with Crippen LogP contribution in [0.3, 0.4) is 0 Å². The number of piperazine rings is 1. The highest BCUT2D eigenvalue weighted by molar-refractivity contribution is 6.39. The van der Waals surface area contributed by atoms with Gasteiger partial charge in [-0.3, -0.25) is 9.69 Å². The molecule has 1 aromatic heterocycles. The zero-order chi connectivity index (χ0) is 15.0. The summed E-state index contributed by atoms with van der Waals surface area (Å²) in [5.74, 6) is 0.0105. The molecular formula is C13H18Cl2N4O. The zero-order valence-electron chi connectivity index (χ0n) is 11.7. The van der Waals surface area contributed by atoms with Crippen LogP contribution in [-0.2, 0) is 0 Å². The molecule has 1 aromatic rings. The summed E-state index contributed by atoms with van der Waals surface area (Å²) in [6.07, 6.45) is 0.